The molecule has 3 rings (SSSR count). The molecule has 3 nitrogen and oxygen atoms in total. The van der Waals surface area contributed by atoms with Crippen molar-refractivity contribution in [2.24, 2.45) is 0 Å². The van der Waals surface area contributed by atoms with Gasteiger partial charge in [0.25, 0.3) is 0 Å². The average Bonchev–Trinajstić information content (AvgIpc) is 2.97. The number of thiazole rings is 1. The monoisotopic (exact) mass is 301 g/mol. The number of benzene rings is 1. The van der Waals surface area contributed by atoms with Crippen LogP contribution in [0.25, 0.3) is 10.6 Å². The highest BCUT2D eigenvalue weighted by molar-refractivity contribution is 7.13. The van der Waals surface area contributed by atoms with Gasteiger partial charge >= 0.3 is 0 Å². The van der Waals surface area contributed by atoms with Crippen molar-refractivity contribution in [1.29, 1.82) is 0 Å². The molecular weight excluding hydrogens is 278 g/mol. The van der Waals surface area contributed by atoms with Crippen molar-refractivity contribution in [3.8, 4) is 10.6 Å². The fourth-order valence-corrected chi connectivity index (χ4v) is 3.63. The number of nitrogens with one attached hydrogen (secondary N) is 1. The van der Waals surface area contributed by atoms with Gasteiger partial charge in [-0.15, -0.1) is 11.3 Å². The van der Waals surface area contributed by atoms with E-state index in [4.69, 9.17) is 4.98 Å². The molecule has 2 aromatic rings. The van der Waals surface area contributed by atoms with Crippen molar-refractivity contribution in [2.75, 3.05) is 20.1 Å². The van der Waals surface area contributed by atoms with E-state index in [1.807, 2.05) is 0 Å². The molecular formula is C17H23N3S. The smallest absolute Gasteiger partial charge is 0.123 e. The highest BCUT2D eigenvalue weighted by atomic mass is 32.1. The van der Waals surface area contributed by atoms with E-state index in [0.29, 0.717) is 6.04 Å². The molecule has 1 aromatic heterocycles. The van der Waals surface area contributed by atoms with E-state index >= 15 is 0 Å². The average molecular weight is 301 g/mol. The molecule has 1 fully saturated rings. The predicted octanol–water partition coefficient (Wildman–Crippen LogP) is 3.30. The number of piperidine rings is 1. The summed E-state index contributed by atoms with van der Waals surface area (Å²) in [5.74, 6) is 0. The highest BCUT2D eigenvalue weighted by Gasteiger charge is 2.18. The number of hydrogen-bond donors (Lipinski definition) is 1. The Hall–Kier alpha value is -1.23. The summed E-state index contributed by atoms with van der Waals surface area (Å²) < 4.78 is 0. The van der Waals surface area contributed by atoms with Crippen LogP contribution in [0.15, 0.2) is 29.6 Å². The van der Waals surface area contributed by atoms with Gasteiger partial charge in [-0.2, -0.15) is 0 Å². The van der Waals surface area contributed by atoms with Gasteiger partial charge in [-0.1, -0.05) is 29.8 Å². The normalized spacial score (nSPS) is 17.2. The van der Waals surface area contributed by atoms with E-state index in [1.54, 1.807) is 11.3 Å². The van der Waals surface area contributed by atoms with Gasteiger partial charge in [-0.25, -0.2) is 4.98 Å². The first-order valence-corrected chi connectivity index (χ1v) is 8.53. The first-order valence-electron chi connectivity index (χ1n) is 7.65. The molecule has 0 spiro atoms. The van der Waals surface area contributed by atoms with Gasteiger partial charge in [0.05, 0.1) is 5.69 Å². The van der Waals surface area contributed by atoms with Crippen LogP contribution < -0.4 is 5.32 Å². The standard InChI is InChI=1S/C17H23N3S/c1-13-3-5-14(6-4-13)17-19-16(12-21-17)11-20-9-7-15(18-2)8-10-20/h3-6,12,15,18H,7-11H2,1-2H3. The summed E-state index contributed by atoms with van der Waals surface area (Å²) in [5.41, 5.74) is 3.73. The van der Waals surface area contributed by atoms with Crippen LogP contribution in [-0.2, 0) is 6.54 Å². The van der Waals surface area contributed by atoms with Crippen LogP contribution in [0.4, 0.5) is 0 Å². The molecule has 2 heterocycles. The zero-order valence-electron chi connectivity index (χ0n) is 12.8. The summed E-state index contributed by atoms with van der Waals surface area (Å²) in [4.78, 5) is 7.32. The SMILES string of the molecule is CNC1CCN(Cc2csc(-c3ccc(C)cc3)n2)CC1. The Morgan fingerprint density at radius 3 is 2.62 bits per heavy atom. The number of aryl methyl sites for hydroxylation is 1. The minimum atomic E-state index is 0.694. The number of hydrogen-bond acceptors (Lipinski definition) is 4. The van der Waals surface area contributed by atoms with Gasteiger partial charge in [0, 0.05) is 36.6 Å². The molecule has 0 unspecified atom stereocenters. The van der Waals surface area contributed by atoms with Crippen LogP contribution in [0.3, 0.4) is 0 Å². The maximum atomic E-state index is 4.80. The van der Waals surface area contributed by atoms with E-state index in [9.17, 15) is 0 Å². The number of nitrogens with zero attached hydrogens (tertiary/aromatic N) is 2. The third kappa shape index (κ3) is 3.70. The lowest BCUT2D eigenvalue weighted by Gasteiger charge is -2.31. The highest BCUT2D eigenvalue weighted by Crippen LogP contribution is 2.25. The number of aromatic nitrogens is 1. The Morgan fingerprint density at radius 1 is 1.24 bits per heavy atom. The second kappa shape index (κ2) is 6.69. The van der Waals surface area contributed by atoms with E-state index in [-0.39, 0.29) is 0 Å². The van der Waals surface area contributed by atoms with Crippen molar-refractivity contribution in [3.63, 3.8) is 0 Å². The Balaban J connectivity index is 1.62. The van der Waals surface area contributed by atoms with Crippen LogP contribution in [0.5, 0.6) is 0 Å². The largest absolute Gasteiger partial charge is 0.317 e. The van der Waals surface area contributed by atoms with Crippen LogP contribution in [-0.4, -0.2) is 36.1 Å². The predicted molar refractivity (Wildman–Crippen MR) is 89.6 cm³/mol. The molecule has 1 saturated heterocycles. The molecule has 0 atom stereocenters. The molecule has 0 aliphatic carbocycles. The minimum absolute atomic E-state index is 0.694. The third-order valence-corrected chi connectivity index (χ3v) is 5.17. The lowest BCUT2D eigenvalue weighted by molar-refractivity contribution is 0.193. The fraction of sp³-hybridized carbons (Fsp3) is 0.471. The maximum Gasteiger partial charge on any atom is 0.123 e. The molecule has 112 valence electrons. The van der Waals surface area contributed by atoms with E-state index in [2.05, 4.69) is 53.8 Å². The van der Waals surface area contributed by atoms with E-state index in [0.717, 1.165) is 11.6 Å². The summed E-state index contributed by atoms with van der Waals surface area (Å²) in [7, 11) is 2.06. The Kier molecular flexibility index (Phi) is 4.68. The van der Waals surface area contributed by atoms with Crippen LogP contribution in [0, 0.1) is 6.92 Å². The van der Waals surface area contributed by atoms with Crippen LogP contribution in [0.1, 0.15) is 24.1 Å². The Labute approximate surface area is 131 Å². The van der Waals surface area contributed by atoms with Crippen molar-refractivity contribution >= 4 is 11.3 Å². The second-order valence-corrected chi connectivity index (χ2v) is 6.71. The molecule has 1 aromatic carbocycles. The lowest BCUT2D eigenvalue weighted by Crippen LogP contribution is -2.40. The number of likely N-dealkylation sites (tertiary alicyclic amines) is 1. The summed E-state index contributed by atoms with van der Waals surface area (Å²) >= 11 is 1.75. The van der Waals surface area contributed by atoms with Crippen molar-refractivity contribution < 1.29 is 0 Å². The van der Waals surface area contributed by atoms with Gasteiger partial charge in [0.1, 0.15) is 5.01 Å². The van der Waals surface area contributed by atoms with Crippen LogP contribution in [0.2, 0.25) is 0 Å². The molecule has 1 N–H and O–H groups in total. The molecule has 0 bridgehead atoms. The second-order valence-electron chi connectivity index (χ2n) is 5.85. The maximum absolute atomic E-state index is 4.80. The van der Waals surface area contributed by atoms with Gasteiger partial charge < -0.3 is 5.32 Å². The van der Waals surface area contributed by atoms with Crippen molar-refractivity contribution in [3.05, 3.63) is 40.9 Å². The van der Waals surface area contributed by atoms with Crippen LogP contribution >= 0.6 is 11.3 Å². The zero-order chi connectivity index (χ0) is 14.7. The molecule has 0 radical (unpaired) electrons. The molecule has 1 aliphatic rings. The zero-order valence-corrected chi connectivity index (χ0v) is 13.6. The first kappa shape index (κ1) is 14.7. The Bertz CT molecular complexity index is 568. The molecule has 1 aliphatic heterocycles. The molecule has 0 amide bonds. The molecule has 21 heavy (non-hydrogen) atoms. The lowest BCUT2D eigenvalue weighted by atomic mass is 10.1. The molecule has 0 saturated carbocycles. The topological polar surface area (TPSA) is 28.2 Å². The third-order valence-electron chi connectivity index (χ3n) is 4.23. The minimum Gasteiger partial charge on any atom is -0.317 e. The van der Waals surface area contributed by atoms with Gasteiger partial charge in [-0.3, -0.25) is 4.90 Å². The molecule has 4 heteroatoms. The summed E-state index contributed by atoms with van der Waals surface area (Å²) in [6, 6.07) is 9.32. The summed E-state index contributed by atoms with van der Waals surface area (Å²) in [5, 5.41) is 6.72. The van der Waals surface area contributed by atoms with Crippen molar-refractivity contribution in [1.82, 2.24) is 15.2 Å². The fourth-order valence-electron chi connectivity index (χ4n) is 2.82. The van der Waals surface area contributed by atoms with Gasteiger partial charge in [0.15, 0.2) is 0 Å². The number of rotatable bonds is 4. The Morgan fingerprint density at radius 2 is 1.95 bits per heavy atom. The quantitative estimate of drug-likeness (QED) is 0.939. The van der Waals surface area contributed by atoms with Crippen molar-refractivity contribution in [2.45, 2.75) is 32.4 Å². The van der Waals surface area contributed by atoms with E-state index < -0.39 is 0 Å². The summed E-state index contributed by atoms with van der Waals surface area (Å²) in [6.45, 7) is 5.44. The van der Waals surface area contributed by atoms with Gasteiger partial charge in [-0.05, 0) is 26.8 Å². The van der Waals surface area contributed by atoms with E-state index in [1.165, 1.54) is 42.8 Å². The first-order chi connectivity index (χ1) is 10.2. The summed E-state index contributed by atoms with van der Waals surface area (Å²) in [6.07, 6.45) is 2.48. The van der Waals surface area contributed by atoms with Gasteiger partial charge in [0.2, 0.25) is 0 Å².